The molecule has 1 aromatic carbocycles. The fourth-order valence-corrected chi connectivity index (χ4v) is 3.10. The molecule has 7 nitrogen and oxygen atoms in total. The molecule has 7 heteroatoms. The van der Waals surface area contributed by atoms with Crippen LogP contribution in [-0.2, 0) is 11.3 Å². The molecule has 1 N–H and O–H groups in total. The summed E-state index contributed by atoms with van der Waals surface area (Å²) in [5.74, 6) is 0.187. The molecule has 4 rings (SSSR count). The first-order valence-electron chi connectivity index (χ1n) is 8.41. The monoisotopic (exact) mass is 337 g/mol. The van der Waals surface area contributed by atoms with Crippen LogP contribution in [0.5, 0.6) is 0 Å². The van der Waals surface area contributed by atoms with Crippen molar-refractivity contribution in [1.29, 1.82) is 0 Å². The number of amides is 1. The lowest BCUT2D eigenvalue weighted by Crippen LogP contribution is -2.24. The number of hydrogen-bond donors (Lipinski definition) is 1. The van der Waals surface area contributed by atoms with Gasteiger partial charge in [-0.05, 0) is 42.8 Å². The Bertz CT molecular complexity index is 958. The van der Waals surface area contributed by atoms with Gasteiger partial charge in [-0.25, -0.2) is 9.48 Å². The van der Waals surface area contributed by atoms with Gasteiger partial charge in [0.2, 0.25) is 5.91 Å². The molecular formula is C18H19N5O2. The molecule has 3 aromatic rings. The van der Waals surface area contributed by atoms with E-state index in [1.807, 2.05) is 47.4 Å². The van der Waals surface area contributed by atoms with Crippen LogP contribution in [0, 0.1) is 0 Å². The minimum atomic E-state index is -0.139. The minimum absolute atomic E-state index is 0.139. The van der Waals surface area contributed by atoms with E-state index in [1.165, 1.54) is 9.08 Å². The van der Waals surface area contributed by atoms with Gasteiger partial charge >= 0.3 is 5.69 Å². The van der Waals surface area contributed by atoms with Crippen molar-refractivity contribution in [2.45, 2.75) is 19.4 Å². The number of pyridine rings is 1. The van der Waals surface area contributed by atoms with Crippen molar-refractivity contribution in [3.8, 4) is 0 Å². The summed E-state index contributed by atoms with van der Waals surface area (Å²) in [5.41, 5.74) is 2.39. The number of benzene rings is 1. The summed E-state index contributed by atoms with van der Waals surface area (Å²) >= 11 is 0. The maximum Gasteiger partial charge on any atom is 0.350 e. The largest absolute Gasteiger partial charge is 0.383 e. The second-order valence-corrected chi connectivity index (χ2v) is 6.06. The van der Waals surface area contributed by atoms with Gasteiger partial charge in [0.25, 0.3) is 0 Å². The molecular weight excluding hydrogens is 318 g/mol. The summed E-state index contributed by atoms with van der Waals surface area (Å²) in [4.78, 5) is 25.8. The topological polar surface area (TPSA) is 71.6 Å². The molecule has 1 saturated heterocycles. The van der Waals surface area contributed by atoms with Crippen molar-refractivity contribution in [3.63, 3.8) is 0 Å². The highest BCUT2D eigenvalue weighted by atomic mass is 16.2. The van der Waals surface area contributed by atoms with Gasteiger partial charge in [-0.15, -0.1) is 5.10 Å². The molecule has 1 amide bonds. The molecule has 1 aliphatic heterocycles. The van der Waals surface area contributed by atoms with E-state index in [0.717, 1.165) is 24.3 Å². The normalized spacial score (nSPS) is 14.4. The Morgan fingerprint density at radius 2 is 1.92 bits per heavy atom. The molecule has 0 radical (unpaired) electrons. The van der Waals surface area contributed by atoms with E-state index in [0.29, 0.717) is 25.2 Å². The van der Waals surface area contributed by atoms with E-state index in [4.69, 9.17) is 0 Å². The number of carbonyl (C=O) groups excluding carboxylic acids is 1. The number of fused-ring (bicyclic) bond motifs is 1. The molecule has 128 valence electrons. The molecule has 0 aliphatic carbocycles. The summed E-state index contributed by atoms with van der Waals surface area (Å²) in [7, 11) is 0. The van der Waals surface area contributed by atoms with Crippen LogP contribution in [0.1, 0.15) is 12.8 Å². The Labute approximate surface area is 144 Å². The van der Waals surface area contributed by atoms with E-state index in [9.17, 15) is 9.59 Å². The smallest absolute Gasteiger partial charge is 0.350 e. The number of rotatable bonds is 5. The quantitative estimate of drug-likeness (QED) is 0.770. The first-order valence-corrected chi connectivity index (χ1v) is 8.41. The second kappa shape index (κ2) is 6.43. The standard InChI is InChI=1S/C18H19N5O2/c24-17-5-3-12-21(17)15-8-6-14(7-9-15)19-10-13-23-18(25)22-11-2-1-4-16(22)20-23/h1-2,4,6-9,11,19H,3,5,10,12-13H2. The molecule has 0 spiro atoms. The molecule has 0 unspecified atom stereocenters. The number of nitrogens with zero attached hydrogens (tertiary/aromatic N) is 4. The van der Waals surface area contributed by atoms with Crippen LogP contribution in [0.2, 0.25) is 0 Å². The van der Waals surface area contributed by atoms with E-state index in [1.54, 1.807) is 6.20 Å². The van der Waals surface area contributed by atoms with Crippen molar-refractivity contribution in [2.75, 3.05) is 23.3 Å². The van der Waals surface area contributed by atoms with Gasteiger partial charge in [0.15, 0.2) is 5.65 Å². The fraction of sp³-hybridized carbons (Fsp3) is 0.278. The summed E-state index contributed by atoms with van der Waals surface area (Å²) in [6.45, 7) is 1.86. The highest BCUT2D eigenvalue weighted by molar-refractivity contribution is 5.95. The molecule has 0 bridgehead atoms. The summed E-state index contributed by atoms with van der Waals surface area (Å²) in [6.07, 6.45) is 3.27. The Morgan fingerprint density at radius 3 is 2.64 bits per heavy atom. The van der Waals surface area contributed by atoms with Crippen molar-refractivity contribution in [3.05, 3.63) is 59.1 Å². The van der Waals surface area contributed by atoms with E-state index >= 15 is 0 Å². The van der Waals surface area contributed by atoms with Crippen LogP contribution < -0.4 is 15.9 Å². The first kappa shape index (κ1) is 15.4. The zero-order valence-electron chi connectivity index (χ0n) is 13.8. The Hall–Kier alpha value is -3.09. The Morgan fingerprint density at radius 1 is 1.08 bits per heavy atom. The van der Waals surface area contributed by atoms with Crippen molar-refractivity contribution in [2.24, 2.45) is 0 Å². The number of carbonyl (C=O) groups is 1. The van der Waals surface area contributed by atoms with Crippen LogP contribution in [0.4, 0.5) is 11.4 Å². The number of nitrogens with one attached hydrogen (secondary N) is 1. The first-order chi connectivity index (χ1) is 12.2. The highest BCUT2D eigenvalue weighted by Gasteiger charge is 2.21. The molecule has 3 heterocycles. The van der Waals surface area contributed by atoms with E-state index < -0.39 is 0 Å². The van der Waals surface area contributed by atoms with Crippen LogP contribution in [-0.4, -0.2) is 33.2 Å². The molecule has 0 saturated carbocycles. The van der Waals surface area contributed by atoms with Gasteiger partial charge in [-0.1, -0.05) is 6.07 Å². The third-order valence-electron chi connectivity index (χ3n) is 4.39. The average molecular weight is 337 g/mol. The number of anilines is 2. The number of aromatic nitrogens is 3. The third kappa shape index (κ3) is 3.00. The second-order valence-electron chi connectivity index (χ2n) is 6.06. The fourth-order valence-electron chi connectivity index (χ4n) is 3.10. The lowest BCUT2D eigenvalue weighted by Gasteiger charge is -2.16. The van der Waals surface area contributed by atoms with E-state index in [2.05, 4.69) is 10.4 Å². The lowest BCUT2D eigenvalue weighted by molar-refractivity contribution is -0.117. The van der Waals surface area contributed by atoms with Crippen LogP contribution >= 0.6 is 0 Å². The predicted octanol–water partition coefficient (Wildman–Crippen LogP) is 1.73. The van der Waals surface area contributed by atoms with Crippen LogP contribution in [0.25, 0.3) is 5.65 Å². The summed E-state index contributed by atoms with van der Waals surface area (Å²) in [6, 6.07) is 13.3. The van der Waals surface area contributed by atoms with Gasteiger partial charge < -0.3 is 10.2 Å². The maximum absolute atomic E-state index is 12.2. The average Bonchev–Trinajstić information content (AvgIpc) is 3.20. The van der Waals surface area contributed by atoms with Crippen molar-refractivity contribution < 1.29 is 4.79 Å². The van der Waals surface area contributed by atoms with Gasteiger partial charge in [0.1, 0.15) is 0 Å². The predicted molar refractivity (Wildman–Crippen MR) is 96.0 cm³/mol. The van der Waals surface area contributed by atoms with E-state index in [-0.39, 0.29) is 11.6 Å². The molecule has 25 heavy (non-hydrogen) atoms. The van der Waals surface area contributed by atoms with Gasteiger partial charge in [0, 0.05) is 37.1 Å². The van der Waals surface area contributed by atoms with Gasteiger partial charge in [-0.3, -0.25) is 9.20 Å². The lowest BCUT2D eigenvalue weighted by atomic mass is 10.2. The van der Waals surface area contributed by atoms with Crippen LogP contribution in [0.3, 0.4) is 0 Å². The SMILES string of the molecule is O=C1CCCN1c1ccc(NCCn2nc3ccccn3c2=O)cc1. The zero-order chi connectivity index (χ0) is 17.2. The molecule has 1 aliphatic rings. The number of hydrogen-bond acceptors (Lipinski definition) is 4. The molecule has 0 atom stereocenters. The zero-order valence-corrected chi connectivity index (χ0v) is 13.8. The summed E-state index contributed by atoms with van der Waals surface area (Å²) in [5, 5.41) is 7.58. The minimum Gasteiger partial charge on any atom is -0.383 e. The Balaban J connectivity index is 1.39. The molecule has 2 aromatic heterocycles. The summed E-state index contributed by atoms with van der Waals surface area (Å²) < 4.78 is 2.99. The van der Waals surface area contributed by atoms with Gasteiger partial charge in [0.05, 0.1) is 6.54 Å². The van der Waals surface area contributed by atoms with Gasteiger partial charge in [-0.2, -0.15) is 0 Å². The highest BCUT2D eigenvalue weighted by Crippen LogP contribution is 2.22. The molecule has 1 fully saturated rings. The van der Waals surface area contributed by atoms with Crippen molar-refractivity contribution >= 4 is 22.9 Å². The maximum atomic E-state index is 12.2. The third-order valence-corrected chi connectivity index (χ3v) is 4.39. The van der Waals surface area contributed by atoms with Crippen molar-refractivity contribution in [1.82, 2.24) is 14.2 Å². The Kier molecular flexibility index (Phi) is 3.97. The van der Waals surface area contributed by atoms with Crippen LogP contribution in [0.15, 0.2) is 53.5 Å².